The highest BCUT2D eigenvalue weighted by Gasteiger charge is 2.30. The van der Waals surface area contributed by atoms with E-state index in [1.165, 1.54) is 21.5 Å². The Hall–Kier alpha value is 0.0600. The minimum atomic E-state index is 0.130. The fourth-order valence-corrected chi connectivity index (χ4v) is 4.52. The van der Waals surface area contributed by atoms with Crippen LogP contribution in [-0.2, 0) is 4.74 Å². The first-order chi connectivity index (χ1) is 9.11. The summed E-state index contributed by atoms with van der Waals surface area (Å²) in [6, 6.07) is 4.73. The van der Waals surface area contributed by atoms with Crippen LogP contribution in [0.2, 0.25) is 0 Å². The van der Waals surface area contributed by atoms with Gasteiger partial charge in [-0.3, -0.25) is 4.90 Å². The van der Waals surface area contributed by atoms with Crippen LogP contribution in [0.1, 0.15) is 37.6 Å². The van der Waals surface area contributed by atoms with Crippen molar-refractivity contribution in [1.29, 1.82) is 0 Å². The zero-order chi connectivity index (χ0) is 13.8. The smallest absolute Gasteiger partial charge is 0.0702 e. The summed E-state index contributed by atoms with van der Waals surface area (Å²) in [5, 5.41) is 0. The number of hydrogen-bond acceptors (Lipinski definition) is 4. The van der Waals surface area contributed by atoms with E-state index < -0.39 is 0 Å². The molecule has 5 heteroatoms. The van der Waals surface area contributed by atoms with E-state index in [4.69, 9.17) is 10.5 Å². The molecular weight excluding hydrogens is 324 g/mol. The normalized spacial score (nSPS) is 24.3. The van der Waals surface area contributed by atoms with Crippen LogP contribution >= 0.6 is 27.3 Å². The first-order valence-corrected chi connectivity index (χ1v) is 8.59. The van der Waals surface area contributed by atoms with E-state index in [0.717, 1.165) is 19.7 Å². The molecule has 0 saturated carbocycles. The van der Waals surface area contributed by atoms with Crippen LogP contribution in [0.25, 0.3) is 0 Å². The van der Waals surface area contributed by atoms with Crippen LogP contribution in [0, 0.1) is 0 Å². The summed E-state index contributed by atoms with van der Waals surface area (Å²) in [5.74, 6) is 0. The van der Waals surface area contributed by atoms with E-state index in [2.05, 4.69) is 46.8 Å². The maximum absolute atomic E-state index is 6.24. The molecule has 1 aromatic heterocycles. The predicted molar refractivity (Wildman–Crippen MR) is 84.6 cm³/mol. The number of ether oxygens (including phenoxy) is 1. The van der Waals surface area contributed by atoms with E-state index in [9.17, 15) is 0 Å². The fourth-order valence-electron chi connectivity index (χ4n) is 2.85. The molecule has 1 aliphatic rings. The first kappa shape index (κ1) is 15.4. The van der Waals surface area contributed by atoms with Crippen LogP contribution in [0.3, 0.4) is 0 Å². The topological polar surface area (TPSA) is 38.5 Å². The standard InChI is InChI=1S/C14H23BrN2OS/c1-3-18-11-5-4-8-17(9-11)14(10(2)16)12-6-7-13(15)19-12/h6-7,10-11,14H,3-5,8-9,16H2,1-2H3. The lowest BCUT2D eigenvalue weighted by Gasteiger charge is -2.39. The van der Waals surface area contributed by atoms with Crippen molar-refractivity contribution in [1.82, 2.24) is 4.90 Å². The molecule has 3 atom stereocenters. The third-order valence-corrected chi connectivity index (χ3v) is 5.28. The summed E-state index contributed by atoms with van der Waals surface area (Å²) in [6.45, 7) is 7.08. The molecule has 1 saturated heterocycles. The molecule has 1 aromatic rings. The van der Waals surface area contributed by atoms with Gasteiger partial charge in [-0.1, -0.05) is 0 Å². The Kier molecular flexibility index (Phi) is 5.84. The Labute approximate surface area is 128 Å². The second kappa shape index (κ2) is 7.18. The molecule has 0 radical (unpaired) electrons. The van der Waals surface area contributed by atoms with E-state index in [1.54, 1.807) is 11.3 Å². The minimum Gasteiger partial charge on any atom is -0.377 e. The summed E-state index contributed by atoms with van der Waals surface area (Å²) < 4.78 is 6.97. The highest BCUT2D eigenvalue weighted by Crippen LogP contribution is 2.34. The monoisotopic (exact) mass is 346 g/mol. The summed E-state index contributed by atoms with van der Waals surface area (Å²) in [6.07, 6.45) is 2.73. The molecule has 0 aliphatic carbocycles. The van der Waals surface area contributed by atoms with Gasteiger partial charge < -0.3 is 10.5 Å². The number of nitrogens with two attached hydrogens (primary N) is 1. The van der Waals surface area contributed by atoms with Crippen LogP contribution < -0.4 is 5.73 Å². The van der Waals surface area contributed by atoms with Gasteiger partial charge >= 0.3 is 0 Å². The van der Waals surface area contributed by atoms with Gasteiger partial charge in [0.15, 0.2) is 0 Å². The molecule has 1 fully saturated rings. The van der Waals surface area contributed by atoms with E-state index in [0.29, 0.717) is 12.1 Å². The minimum absolute atomic E-state index is 0.130. The fraction of sp³-hybridized carbons (Fsp3) is 0.714. The molecule has 2 N–H and O–H groups in total. The number of thiophene rings is 1. The molecule has 0 bridgehead atoms. The van der Waals surface area contributed by atoms with Crippen molar-refractivity contribution in [2.45, 2.75) is 44.9 Å². The van der Waals surface area contributed by atoms with Crippen LogP contribution in [0.5, 0.6) is 0 Å². The van der Waals surface area contributed by atoms with Gasteiger partial charge in [-0.15, -0.1) is 11.3 Å². The predicted octanol–water partition coefficient (Wildman–Crippen LogP) is 3.40. The molecule has 0 amide bonds. The Morgan fingerprint density at radius 1 is 1.58 bits per heavy atom. The van der Waals surface area contributed by atoms with E-state index in [1.807, 2.05) is 0 Å². The summed E-state index contributed by atoms with van der Waals surface area (Å²) in [4.78, 5) is 3.84. The maximum atomic E-state index is 6.24. The number of piperidine rings is 1. The lowest BCUT2D eigenvalue weighted by atomic mass is 10.0. The average Bonchev–Trinajstić information content (AvgIpc) is 2.76. The lowest BCUT2D eigenvalue weighted by Crippen LogP contribution is -2.46. The molecular formula is C14H23BrN2OS. The van der Waals surface area contributed by atoms with Crippen molar-refractivity contribution in [3.05, 3.63) is 20.8 Å². The van der Waals surface area contributed by atoms with Gasteiger partial charge in [0.2, 0.25) is 0 Å². The van der Waals surface area contributed by atoms with Gasteiger partial charge in [0, 0.05) is 24.1 Å². The average molecular weight is 347 g/mol. The van der Waals surface area contributed by atoms with Gasteiger partial charge in [-0.05, 0) is 61.3 Å². The molecule has 0 spiro atoms. The molecule has 3 nitrogen and oxygen atoms in total. The number of nitrogens with zero attached hydrogens (tertiary/aromatic N) is 1. The largest absolute Gasteiger partial charge is 0.377 e. The number of rotatable bonds is 5. The second-order valence-corrected chi connectivity index (χ2v) is 7.65. The Balaban J connectivity index is 2.10. The highest BCUT2D eigenvalue weighted by atomic mass is 79.9. The van der Waals surface area contributed by atoms with Gasteiger partial charge in [0.05, 0.1) is 15.9 Å². The van der Waals surface area contributed by atoms with Gasteiger partial charge in [0.25, 0.3) is 0 Å². The highest BCUT2D eigenvalue weighted by molar-refractivity contribution is 9.11. The maximum Gasteiger partial charge on any atom is 0.0702 e. The SMILES string of the molecule is CCOC1CCCN(C(c2ccc(Br)s2)C(C)N)C1. The molecule has 0 aromatic carbocycles. The number of hydrogen-bond donors (Lipinski definition) is 1. The zero-order valence-corrected chi connectivity index (χ0v) is 14.0. The van der Waals surface area contributed by atoms with Crippen molar-refractivity contribution < 1.29 is 4.74 Å². The third kappa shape index (κ3) is 4.02. The molecule has 1 aliphatic heterocycles. The van der Waals surface area contributed by atoms with Gasteiger partial charge in [-0.25, -0.2) is 0 Å². The van der Waals surface area contributed by atoms with Crippen molar-refractivity contribution in [3.8, 4) is 0 Å². The van der Waals surface area contributed by atoms with Crippen molar-refractivity contribution in [3.63, 3.8) is 0 Å². The number of halogens is 1. The van der Waals surface area contributed by atoms with Crippen molar-refractivity contribution in [2.24, 2.45) is 5.73 Å². The Bertz CT molecular complexity index is 395. The first-order valence-electron chi connectivity index (χ1n) is 6.98. The zero-order valence-electron chi connectivity index (χ0n) is 11.6. The molecule has 3 unspecified atom stereocenters. The Morgan fingerprint density at radius 3 is 2.95 bits per heavy atom. The van der Waals surface area contributed by atoms with Crippen LogP contribution in [0.4, 0.5) is 0 Å². The van der Waals surface area contributed by atoms with E-state index in [-0.39, 0.29) is 6.04 Å². The quantitative estimate of drug-likeness (QED) is 0.887. The van der Waals surface area contributed by atoms with E-state index >= 15 is 0 Å². The van der Waals surface area contributed by atoms with Gasteiger partial charge in [0.1, 0.15) is 0 Å². The lowest BCUT2D eigenvalue weighted by molar-refractivity contribution is -0.0101. The van der Waals surface area contributed by atoms with Gasteiger partial charge in [-0.2, -0.15) is 0 Å². The summed E-state index contributed by atoms with van der Waals surface area (Å²) >= 11 is 5.33. The molecule has 2 rings (SSSR count). The molecule has 2 heterocycles. The summed E-state index contributed by atoms with van der Waals surface area (Å²) in [7, 11) is 0. The Morgan fingerprint density at radius 2 is 2.37 bits per heavy atom. The number of likely N-dealkylation sites (tertiary alicyclic amines) is 1. The second-order valence-electron chi connectivity index (χ2n) is 5.16. The van der Waals surface area contributed by atoms with Crippen LogP contribution in [0.15, 0.2) is 15.9 Å². The molecule has 108 valence electrons. The van der Waals surface area contributed by atoms with Crippen molar-refractivity contribution >= 4 is 27.3 Å². The van der Waals surface area contributed by atoms with Crippen LogP contribution in [-0.4, -0.2) is 36.7 Å². The van der Waals surface area contributed by atoms with Crippen molar-refractivity contribution in [2.75, 3.05) is 19.7 Å². The summed E-state index contributed by atoms with van der Waals surface area (Å²) in [5.41, 5.74) is 6.24. The molecule has 19 heavy (non-hydrogen) atoms. The third-order valence-electron chi connectivity index (χ3n) is 3.59.